The molecule has 2 N–H and O–H groups in total. The minimum Gasteiger partial charge on any atom is -0.396 e. The number of morpholine rings is 1. The number of hydrogen-bond acceptors (Lipinski definition) is 3. The zero-order valence-corrected chi connectivity index (χ0v) is 7.87. The van der Waals surface area contributed by atoms with Crippen molar-refractivity contribution in [3.63, 3.8) is 0 Å². The summed E-state index contributed by atoms with van der Waals surface area (Å²) in [7, 11) is 0. The minimum atomic E-state index is -0.325. The lowest BCUT2D eigenvalue weighted by Gasteiger charge is -2.29. The molecule has 1 heterocycles. The van der Waals surface area contributed by atoms with Crippen LogP contribution in [0.15, 0.2) is 18.2 Å². The van der Waals surface area contributed by atoms with Crippen molar-refractivity contribution in [2.24, 2.45) is 0 Å². The highest BCUT2D eigenvalue weighted by molar-refractivity contribution is 5.58. The highest BCUT2D eigenvalue weighted by Gasteiger charge is 2.15. The summed E-state index contributed by atoms with van der Waals surface area (Å²) in [5.41, 5.74) is 6.27. The average Bonchev–Trinajstić information content (AvgIpc) is 2.23. The normalized spacial score (nSPS) is 17.1. The Morgan fingerprint density at radius 2 is 2.00 bits per heavy atom. The molecule has 2 rings (SSSR count). The summed E-state index contributed by atoms with van der Waals surface area (Å²) in [6, 6.07) is 5.08. The van der Waals surface area contributed by atoms with Gasteiger partial charge in [-0.1, -0.05) is 6.07 Å². The molecular formula is C10H13FN2O. The molecule has 0 radical (unpaired) electrons. The fourth-order valence-electron chi connectivity index (χ4n) is 1.59. The van der Waals surface area contributed by atoms with Gasteiger partial charge in [0.15, 0.2) is 5.82 Å². The fourth-order valence-corrected chi connectivity index (χ4v) is 1.59. The lowest BCUT2D eigenvalue weighted by atomic mass is 10.2. The highest BCUT2D eigenvalue weighted by Crippen LogP contribution is 2.24. The second-order valence-corrected chi connectivity index (χ2v) is 3.28. The van der Waals surface area contributed by atoms with Gasteiger partial charge in [0.05, 0.1) is 24.6 Å². The third kappa shape index (κ3) is 1.65. The van der Waals surface area contributed by atoms with Gasteiger partial charge in [0.2, 0.25) is 0 Å². The van der Waals surface area contributed by atoms with Gasteiger partial charge < -0.3 is 15.4 Å². The van der Waals surface area contributed by atoms with Crippen LogP contribution in [0.3, 0.4) is 0 Å². The number of halogens is 1. The number of benzene rings is 1. The molecule has 1 aromatic carbocycles. The van der Waals surface area contributed by atoms with Crippen LogP contribution in [0.1, 0.15) is 0 Å². The number of ether oxygens (including phenoxy) is 1. The van der Waals surface area contributed by atoms with E-state index in [4.69, 9.17) is 10.5 Å². The van der Waals surface area contributed by atoms with Crippen LogP contribution in [-0.2, 0) is 4.74 Å². The predicted octanol–water partition coefficient (Wildman–Crippen LogP) is 1.24. The second kappa shape index (κ2) is 3.84. The first-order chi connectivity index (χ1) is 6.79. The highest BCUT2D eigenvalue weighted by atomic mass is 19.1. The Balaban J connectivity index is 2.26. The second-order valence-electron chi connectivity index (χ2n) is 3.28. The van der Waals surface area contributed by atoms with Crippen molar-refractivity contribution in [2.45, 2.75) is 0 Å². The molecule has 0 unspecified atom stereocenters. The Kier molecular flexibility index (Phi) is 2.54. The largest absolute Gasteiger partial charge is 0.396 e. The van der Waals surface area contributed by atoms with E-state index >= 15 is 0 Å². The monoisotopic (exact) mass is 196 g/mol. The SMILES string of the molecule is Nc1cccc(N2CCOCC2)c1F. The van der Waals surface area contributed by atoms with Gasteiger partial charge in [0, 0.05) is 13.1 Å². The van der Waals surface area contributed by atoms with E-state index in [-0.39, 0.29) is 11.5 Å². The molecule has 1 aromatic rings. The van der Waals surface area contributed by atoms with Gasteiger partial charge in [-0.3, -0.25) is 0 Å². The van der Waals surface area contributed by atoms with Crippen LogP contribution in [0.4, 0.5) is 15.8 Å². The molecule has 1 saturated heterocycles. The molecule has 0 bridgehead atoms. The molecule has 1 fully saturated rings. The van der Waals surface area contributed by atoms with E-state index in [9.17, 15) is 4.39 Å². The van der Waals surface area contributed by atoms with Crippen molar-refractivity contribution in [1.82, 2.24) is 0 Å². The van der Waals surface area contributed by atoms with Gasteiger partial charge in [-0.2, -0.15) is 0 Å². The predicted molar refractivity (Wildman–Crippen MR) is 53.8 cm³/mol. The number of rotatable bonds is 1. The molecule has 0 spiro atoms. The third-order valence-corrected chi connectivity index (χ3v) is 2.36. The van der Waals surface area contributed by atoms with Crippen LogP contribution in [0.25, 0.3) is 0 Å². The Hall–Kier alpha value is -1.29. The van der Waals surface area contributed by atoms with Crippen LogP contribution in [0.5, 0.6) is 0 Å². The van der Waals surface area contributed by atoms with Crippen LogP contribution >= 0.6 is 0 Å². The van der Waals surface area contributed by atoms with Gasteiger partial charge >= 0.3 is 0 Å². The van der Waals surface area contributed by atoms with E-state index in [0.717, 1.165) is 13.1 Å². The zero-order valence-electron chi connectivity index (χ0n) is 7.87. The summed E-state index contributed by atoms with van der Waals surface area (Å²) < 4.78 is 18.8. The topological polar surface area (TPSA) is 38.5 Å². The van der Waals surface area contributed by atoms with Crippen LogP contribution < -0.4 is 10.6 Å². The molecule has 0 aliphatic carbocycles. The molecule has 0 aromatic heterocycles. The van der Waals surface area contributed by atoms with E-state index in [0.29, 0.717) is 18.9 Å². The van der Waals surface area contributed by atoms with Crippen molar-refractivity contribution < 1.29 is 9.13 Å². The fraction of sp³-hybridized carbons (Fsp3) is 0.400. The number of nitrogens with two attached hydrogens (primary N) is 1. The van der Waals surface area contributed by atoms with E-state index in [1.807, 2.05) is 4.90 Å². The first-order valence-corrected chi connectivity index (χ1v) is 4.66. The molecule has 14 heavy (non-hydrogen) atoms. The third-order valence-electron chi connectivity index (χ3n) is 2.36. The molecule has 1 aliphatic heterocycles. The van der Waals surface area contributed by atoms with Gasteiger partial charge in [-0.25, -0.2) is 4.39 Å². The number of nitrogens with zero attached hydrogens (tertiary/aromatic N) is 1. The van der Waals surface area contributed by atoms with E-state index in [1.165, 1.54) is 0 Å². The molecule has 0 atom stereocenters. The van der Waals surface area contributed by atoms with Crippen LogP contribution in [0, 0.1) is 5.82 Å². The number of anilines is 2. The van der Waals surface area contributed by atoms with Crippen molar-refractivity contribution in [2.75, 3.05) is 36.9 Å². The lowest BCUT2D eigenvalue weighted by Crippen LogP contribution is -2.36. The van der Waals surface area contributed by atoms with E-state index in [1.54, 1.807) is 18.2 Å². The van der Waals surface area contributed by atoms with Gasteiger partial charge in [0.25, 0.3) is 0 Å². The van der Waals surface area contributed by atoms with E-state index in [2.05, 4.69) is 0 Å². The molecule has 0 saturated carbocycles. The quantitative estimate of drug-likeness (QED) is 0.687. The summed E-state index contributed by atoms with van der Waals surface area (Å²) >= 11 is 0. The Morgan fingerprint density at radius 1 is 1.29 bits per heavy atom. The molecule has 0 amide bonds. The minimum absolute atomic E-state index is 0.203. The Labute approximate surface area is 82.3 Å². The molecule has 4 heteroatoms. The maximum absolute atomic E-state index is 13.6. The summed E-state index contributed by atoms with van der Waals surface area (Å²) in [6.45, 7) is 2.74. The zero-order chi connectivity index (χ0) is 9.97. The van der Waals surface area contributed by atoms with Crippen LogP contribution in [0.2, 0.25) is 0 Å². The summed E-state index contributed by atoms with van der Waals surface area (Å²) in [6.07, 6.45) is 0. The van der Waals surface area contributed by atoms with Gasteiger partial charge in [-0.15, -0.1) is 0 Å². The van der Waals surface area contributed by atoms with Crippen molar-refractivity contribution in [1.29, 1.82) is 0 Å². The van der Waals surface area contributed by atoms with Crippen molar-refractivity contribution in [3.05, 3.63) is 24.0 Å². The molecular weight excluding hydrogens is 183 g/mol. The summed E-state index contributed by atoms with van der Waals surface area (Å²) in [4.78, 5) is 1.95. The van der Waals surface area contributed by atoms with Crippen LogP contribution in [-0.4, -0.2) is 26.3 Å². The lowest BCUT2D eigenvalue weighted by molar-refractivity contribution is 0.122. The first-order valence-electron chi connectivity index (χ1n) is 4.66. The number of hydrogen-bond donors (Lipinski definition) is 1. The Morgan fingerprint density at radius 3 is 2.71 bits per heavy atom. The molecule has 3 nitrogen and oxygen atoms in total. The van der Waals surface area contributed by atoms with Crippen molar-refractivity contribution >= 4 is 11.4 Å². The smallest absolute Gasteiger partial charge is 0.169 e. The number of nitrogen functional groups attached to an aromatic ring is 1. The van der Waals surface area contributed by atoms with Gasteiger partial charge in [-0.05, 0) is 12.1 Å². The summed E-state index contributed by atoms with van der Waals surface area (Å²) in [5, 5.41) is 0. The van der Waals surface area contributed by atoms with Gasteiger partial charge in [0.1, 0.15) is 0 Å². The maximum atomic E-state index is 13.6. The molecule has 1 aliphatic rings. The standard InChI is InChI=1S/C10H13FN2O/c11-10-8(12)2-1-3-9(10)13-4-6-14-7-5-13/h1-3H,4-7,12H2. The average molecular weight is 196 g/mol. The first kappa shape index (κ1) is 9.27. The summed E-state index contributed by atoms with van der Waals surface area (Å²) in [5.74, 6) is -0.325. The molecule has 76 valence electrons. The maximum Gasteiger partial charge on any atom is 0.169 e. The Bertz CT molecular complexity index is 324. The van der Waals surface area contributed by atoms with E-state index < -0.39 is 0 Å². The van der Waals surface area contributed by atoms with Crippen molar-refractivity contribution in [3.8, 4) is 0 Å².